The van der Waals surface area contributed by atoms with Crippen LogP contribution in [0.4, 0.5) is 4.79 Å². The number of hydrogen-bond donors (Lipinski definition) is 2. The number of amides is 2. The van der Waals surface area contributed by atoms with E-state index in [4.69, 9.17) is 0 Å². The Bertz CT molecular complexity index is 506. The monoisotopic (exact) mass is 264 g/mol. The highest BCUT2D eigenvalue weighted by atomic mass is 32.1. The summed E-state index contributed by atoms with van der Waals surface area (Å²) in [5.41, 5.74) is 0.967. The highest BCUT2D eigenvalue weighted by molar-refractivity contribution is 7.10. The Labute approximate surface area is 110 Å². The number of aromatic nitrogens is 2. The Kier molecular flexibility index (Phi) is 3.99. The van der Waals surface area contributed by atoms with Crippen molar-refractivity contribution in [1.82, 2.24) is 20.4 Å². The molecule has 18 heavy (non-hydrogen) atoms. The van der Waals surface area contributed by atoms with Crippen LogP contribution in [0.2, 0.25) is 0 Å². The molecule has 1 atom stereocenters. The molecular formula is C12H16N4OS. The van der Waals surface area contributed by atoms with Gasteiger partial charge >= 0.3 is 6.03 Å². The zero-order valence-electron chi connectivity index (χ0n) is 10.4. The highest BCUT2D eigenvalue weighted by Crippen LogP contribution is 2.17. The summed E-state index contributed by atoms with van der Waals surface area (Å²) in [6.07, 6.45) is 1.71. The first-order valence-electron chi connectivity index (χ1n) is 5.71. The molecule has 2 heterocycles. The van der Waals surface area contributed by atoms with Crippen LogP contribution in [-0.2, 0) is 13.6 Å². The van der Waals surface area contributed by atoms with Gasteiger partial charge in [0, 0.05) is 18.1 Å². The second kappa shape index (κ2) is 5.68. The Balaban J connectivity index is 1.81. The molecule has 0 aliphatic rings. The zero-order valence-corrected chi connectivity index (χ0v) is 11.2. The molecular weight excluding hydrogens is 248 g/mol. The maximum absolute atomic E-state index is 11.7. The topological polar surface area (TPSA) is 59.0 Å². The van der Waals surface area contributed by atoms with Gasteiger partial charge in [0.15, 0.2) is 0 Å². The van der Waals surface area contributed by atoms with Gasteiger partial charge in [0.25, 0.3) is 0 Å². The Morgan fingerprint density at radius 2 is 2.39 bits per heavy atom. The van der Waals surface area contributed by atoms with Crippen molar-refractivity contribution in [3.63, 3.8) is 0 Å². The smallest absolute Gasteiger partial charge is 0.315 e. The lowest BCUT2D eigenvalue weighted by atomic mass is 10.3. The van der Waals surface area contributed by atoms with Gasteiger partial charge in [0.05, 0.1) is 18.3 Å². The summed E-state index contributed by atoms with van der Waals surface area (Å²) in [5, 5.41) is 11.8. The fraction of sp³-hybridized carbons (Fsp3) is 0.333. The van der Waals surface area contributed by atoms with E-state index in [0.717, 1.165) is 10.6 Å². The predicted molar refractivity (Wildman–Crippen MR) is 71.3 cm³/mol. The van der Waals surface area contributed by atoms with Crippen LogP contribution in [0.25, 0.3) is 0 Å². The fourth-order valence-electron chi connectivity index (χ4n) is 1.60. The Hall–Kier alpha value is -1.82. The number of aryl methyl sites for hydroxylation is 1. The molecule has 0 spiro atoms. The van der Waals surface area contributed by atoms with Crippen molar-refractivity contribution in [2.24, 2.45) is 7.05 Å². The van der Waals surface area contributed by atoms with Gasteiger partial charge in [-0.05, 0) is 24.4 Å². The van der Waals surface area contributed by atoms with E-state index in [-0.39, 0.29) is 12.1 Å². The number of carbonyl (C=O) groups excluding carboxylic acids is 1. The van der Waals surface area contributed by atoms with Crippen LogP contribution in [0.1, 0.15) is 23.5 Å². The standard InChI is InChI=1S/C12H16N4OS/c1-9(11-4-3-7-18-11)15-12(17)13-8-10-5-6-14-16(10)2/h3-7,9H,8H2,1-2H3,(H2,13,15,17). The zero-order chi connectivity index (χ0) is 13.0. The molecule has 2 amide bonds. The molecule has 1 unspecified atom stereocenters. The number of carbonyl (C=O) groups is 1. The third-order valence-electron chi connectivity index (χ3n) is 2.67. The first-order valence-corrected chi connectivity index (χ1v) is 6.59. The number of rotatable bonds is 4. The van der Waals surface area contributed by atoms with Gasteiger partial charge in [0.1, 0.15) is 0 Å². The van der Waals surface area contributed by atoms with Crippen LogP contribution in [0.5, 0.6) is 0 Å². The van der Waals surface area contributed by atoms with Gasteiger partial charge in [-0.3, -0.25) is 4.68 Å². The molecule has 0 bridgehead atoms. The first-order chi connectivity index (χ1) is 8.66. The molecule has 0 saturated carbocycles. The van der Waals surface area contributed by atoms with Gasteiger partial charge in [-0.2, -0.15) is 5.10 Å². The summed E-state index contributed by atoms with van der Waals surface area (Å²) in [5.74, 6) is 0. The largest absolute Gasteiger partial charge is 0.333 e. The van der Waals surface area contributed by atoms with Crippen LogP contribution >= 0.6 is 11.3 Å². The molecule has 6 heteroatoms. The second-order valence-corrected chi connectivity index (χ2v) is 4.99. The lowest BCUT2D eigenvalue weighted by molar-refractivity contribution is 0.237. The SMILES string of the molecule is CC(NC(=O)NCc1ccnn1C)c1cccs1. The molecule has 0 radical (unpaired) electrons. The number of nitrogens with zero attached hydrogens (tertiary/aromatic N) is 2. The van der Waals surface area contributed by atoms with E-state index in [1.807, 2.05) is 37.6 Å². The molecule has 2 aromatic heterocycles. The average molecular weight is 264 g/mol. The van der Waals surface area contributed by atoms with Crippen molar-refractivity contribution < 1.29 is 4.79 Å². The quantitative estimate of drug-likeness (QED) is 0.888. The second-order valence-electron chi connectivity index (χ2n) is 4.01. The summed E-state index contributed by atoms with van der Waals surface area (Å²) in [6.45, 7) is 2.44. The van der Waals surface area contributed by atoms with Gasteiger partial charge in [-0.25, -0.2) is 4.79 Å². The summed E-state index contributed by atoms with van der Waals surface area (Å²) in [6, 6.07) is 5.72. The molecule has 0 saturated heterocycles. The lowest BCUT2D eigenvalue weighted by Gasteiger charge is -2.13. The maximum Gasteiger partial charge on any atom is 0.315 e. The van der Waals surface area contributed by atoms with Crippen LogP contribution < -0.4 is 10.6 Å². The number of urea groups is 1. The summed E-state index contributed by atoms with van der Waals surface area (Å²) in [7, 11) is 1.85. The van der Waals surface area contributed by atoms with E-state index in [9.17, 15) is 4.79 Å². The van der Waals surface area contributed by atoms with Gasteiger partial charge in [0.2, 0.25) is 0 Å². The molecule has 2 N–H and O–H groups in total. The number of hydrogen-bond acceptors (Lipinski definition) is 3. The Morgan fingerprint density at radius 3 is 3.00 bits per heavy atom. The van der Waals surface area contributed by atoms with E-state index in [1.165, 1.54) is 0 Å². The van der Waals surface area contributed by atoms with E-state index >= 15 is 0 Å². The van der Waals surface area contributed by atoms with Crippen molar-refractivity contribution in [2.45, 2.75) is 19.5 Å². The number of thiophene rings is 1. The minimum Gasteiger partial charge on any atom is -0.333 e. The van der Waals surface area contributed by atoms with Crippen LogP contribution in [0.15, 0.2) is 29.8 Å². The Morgan fingerprint density at radius 1 is 1.56 bits per heavy atom. The third kappa shape index (κ3) is 3.10. The summed E-state index contributed by atoms with van der Waals surface area (Å²) in [4.78, 5) is 12.9. The molecule has 0 aromatic carbocycles. The molecule has 96 valence electrons. The van der Waals surface area contributed by atoms with Crippen molar-refractivity contribution in [3.05, 3.63) is 40.3 Å². The summed E-state index contributed by atoms with van der Waals surface area (Å²) < 4.78 is 1.74. The summed E-state index contributed by atoms with van der Waals surface area (Å²) >= 11 is 1.63. The molecule has 2 rings (SSSR count). The van der Waals surface area contributed by atoms with Crippen LogP contribution in [0.3, 0.4) is 0 Å². The molecule has 0 fully saturated rings. The van der Waals surface area contributed by atoms with E-state index in [2.05, 4.69) is 15.7 Å². The van der Waals surface area contributed by atoms with Crippen molar-refractivity contribution in [2.75, 3.05) is 0 Å². The van der Waals surface area contributed by atoms with Gasteiger partial charge in [-0.15, -0.1) is 11.3 Å². The predicted octanol–water partition coefficient (Wildman–Crippen LogP) is 2.04. The lowest BCUT2D eigenvalue weighted by Crippen LogP contribution is -2.36. The molecule has 0 aliphatic carbocycles. The molecule has 5 nitrogen and oxygen atoms in total. The van der Waals surface area contributed by atoms with Gasteiger partial charge < -0.3 is 10.6 Å². The van der Waals surface area contributed by atoms with Gasteiger partial charge in [-0.1, -0.05) is 6.07 Å². The van der Waals surface area contributed by atoms with Crippen LogP contribution in [-0.4, -0.2) is 15.8 Å². The minimum atomic E-state index is -0.169. The molecule has 2 aromatic rings. The fourth-order valence-corrected chi connectivity index (χ4v) is 2.34. The van der Waals surface area contributed by atoms with Crippen molar-refractivity contribution in [1.29, 1.82) is 0 Å². The number of nitrogens with one attached hydrogen (secondary N) is 2. The maximum atomic E-state index is 11.7. The normalized spacial score (nSPS) is 12.1. The van der Waals surface area contributed by atoms with Crippen molar-refractivity contribution in [3.8, 4) is 0 Å². The average Bonchev–Trinajstić information content (AvgIpc) is 2.97. The van der Waals surface area contributed by atoms with E-state index in [1.54, 1.807) is 22.2 Å². The van der Waals surface area contributed by atoms with Crippen molar-refractivity contribution >= 4 is 17.4 Å². The first kappa shape index (κ1) is 12.6. The van der Waals surface area contributed by atoms with E-state index in [0.29, 0.717) is 6.54 Å². The molecule has 0 aliphatic heterocycles. The van der Waals surface area contributed by atoms with E-state index < -0.39 is 0 Å². The third-order valence-corrected chi connectivity index (χ3v) is 3.73. The van der Waals surface area contributed by atoms with Crippen LogP contribution in [0, 0.1) is 0 Å². The highest BCUT2D eigenvalue weighted by Gasteiger charge is 2.10. The minimum absolute atomic E-state index is 0.0246.